The smallest absolute Gasteiger partial charge is 0.364 e. The van der Waals surface area contributed by atoms with Gasteiger partial charge in [0.25, 0.3) is 5.91 Å². The molecule has 2 rings (SSSR count). The molecule has 0 aliphatic heterocycles. The Morgan fingerprint density at radius 3 is 2.50 bits per heavy atom. The zero-order valence-corrected chi connectivity index (χ0v) is 12.9. The molecule has 24 heavy (non-hydrogen) atoms. The molecule has 0 aliphatic rings. The van der Waals surface area contributed by atoms with Gasteiger partial charge in [-0.05, 0) is 19.1 Å². The topological polar surface area (TPSA) is 103 Å². The van der Waals surface area contributed by atoms with Crippen LogP contribution < -0.4 is 11.1 Å². The van der Waals surface area contributed by atoms with Crippen molar-refractivity contribution >= 4 is 29.1 Å². The number of alkyl halides is 3. The Kier molecular flexibility index (Phi) is 4.78. The van der Waals surface area contributed by atoms with Crippen LogP contribution in [0.25, 0.3) is 0 Å². The summed E-state index contributed by atoms with van der Waals surface area (Å²) < 4.78 is 39.0. The summed E-state index contributed by atoms with van der Waals surface area (Å²) in [4.78, 5) is 26.5. The van der Waals surface area contributed by atoms with E-state index in [1.54, 1.807) is 0 Å². The first-order valence-electron chi connectivity index (χ1n) is 6.45. The van der Waals surface area contributed by atoms with Gasteiger partial charge in [-0.2, -0.15) is 18.3 Å². The number of primary amides is 1. The molecule has 2 amide bonds. The van der Waals surface area contributed by atoms with Gasteiger partial charge in [0.15, 0.2) is 5.69 Å². The number of nitrogens with zero attached hydrogens (tertiary/aromatic N) is 3. The average molecular weight is 362 g/mol. The monoisotopic (exact) mass is 361 g/mol. The van der Waals surface area contributed by atoms with E-state index in [1.807, 2.05) is 0 Å². The van der Waals surface area contributed by atoms with E-state index in [-0.39, 0.29) is 17.1 Å². The van der Waals surface area contributed by atoms with Crippen LogP contribution in [-0.2, 0) is 17.5 Å². The predicted octanol–water partition coefficient (Wildman–Crippen LogP) is 2.00. The minimum Gasteiger partial charge on any atom is -0.364 e. The third-order valence-electron chi connectivity index (χ3n) is 3.00. The molecule has 0 saturated carbocycles. The highest BCUT2D eigenvalue weighted by molar-refractivity contribution is 6.32. The van der Waals surface area contributed by atoms with Crippen molar-refractivity contribution in [2.75, 3.05) is 5.32 Å². The molecule has 128 valence electrons. The number of anilines is 1. The maximum absolute atomic E-state index is 12.7. The molecule has 0 radical (unpaired) electrons. The van der Waals surface area contributed by atoms with Crippen molar-refractivity contribution in [3.05, 3.63) is 40.4 Å². The number of hydrogen-bond acceptors (Lipinski definition) is 4. The lowest BCUT2D eigenvalue weighted by Gasteiger charge is -2.07. The molecule has 0 spiro atoms. The van der Waals surface area contributed by atoms with Crippen molar-refractivity contribution in [3.8, 4) is 0 Å². The first-order chi connectivity index (χ1) is 11.1. The van der Waals surface area contributed by atoms with E-state index in [0.29, 0.717) is 0 Å². The van der Waals surface area contributed by atoms with Gasteiger partial charge in [-0.1, -0.05) is 11.6 Å². The van der Waals surface area contributed by atoms with E-state index in [9.17, 15) is 22.8 Å². The second-order valence-corrected chi connectivity index (χ2v) is 5.13. The Labute approximate surface area is 138 Å². The molecule has 0 atom stereocenters. The van der Waals surface area contributed by atoms with Crippen molar-refractivity contribution in [2.45, 2.75) is 19.6 Å². The highest BCUT2D eigenvalue weighted by atomic mass is 35.5. The van der Waals surface area contributed by atoms with E-state index in [1.165, 1.54) is 25.3 Å². The SMILES string of the molecule is Cc1c(Cl)c(C(F)(F)F)nn1CC(=O)Nc1ccc(C(N)=O)nc1. The fourth-order valence-corrected chi connectivity index (χ4v) is 2.05. The summed E-state index contributed by atoms with van der Waals surface area (Å²) in [6, 6.07) is 2.69. The van der Waals surface area contributed by atoms with Crippen LogP contribution in [0.3, 0.4) is 0 Å². The fraction of sp³-hybridized carbons (Fsp3) is 0.231. The Hall–Kier alpha value is -2.62. The molecule has 3 N–H and O–H groups in total. The maximum Gasteiger partial charge on any atom is 0.436 e. The summed E-state index contributed by atoms with van der Waals surface area (Å²) in [7, 11) is 0. The largest absolute Gasteiger partial charge is 0.436 e. The Morgan fingerprint density at radius 1 is 1.38 bits per heavy atom. The van der Waals surface area contributed by atoms with E-state index >= 15 is 0 Å². The van der Waals surface area contributed by atoms with E-state index in [4.69, 9.17) is 17.3 Å². The summed E-state index contributed by atoms with van der Waals surface area (Å²) in [5.74, 6) is -1.37. The lowest BCUT2D eigenvalue weighted by Crippen LogP contribution is -2.21. The van der Waals surface area contributed by atoms with Crippen LogP contribution in [-0.4, -0.2) is 26.6 Å². The number of carbonyl (C=O) groups is 2. The summed E-state index contributed by atoms with van der Waals surface area (Å²) in [5, 5.41) is 5.18. The van der Waals surface area contributed by atoms with E-state index < -0.39 is 35.3 Å². The van der Waals surface area contributed by atoms with E-state index in [0.717, 1.165) is 4.68 Å². The molecule has 0 fully saturated rings. The predicted molar refractivity (Wildman–Crippen MR) is 78.4 cm³/mol. The van der Waals surface area contributed by atoms with Crippen molar-refractivity contribution in [1.82, 2.24) is 14.8 Å². The molecule has 0 saturated heterocycles. The molecule has 0 unspecified atom stereocenters. The van der Waals surface area contributed by atoms with Crippen LogP contribution in [0.5, 0.6) is 0 Å². The Balaban J connectivity index is 2.11. The molecule has 0 bridgehead atoms. The normalized spacial score (nSPS) is 11.4. The van der Waals surface area contributed by atoms with Crippen molar-refractivity contribution in [3.63, 3.8) is 0 Å². The van der Waals surface area contributed by atoms with Gasteiger partial charge in [0.05, 0.1) is 22.6 Å². The zero-order chi connectivity index (χ0) is 18.1. The van der Waals surface area contributed by atoms with Crippen LogP contribution in [0.4, 0.5) is 18.9 Å². The molecule has 0 aliphatic carbocycles. The number of rotatable bonds is 4. The molecule has 2 aromatic rings. The molecule has 2 aromatic heterocycles. The van der Waals surface area contributed by atoms with Crippen LogP contribution in [0, 0.1) is 6.92 Å². The summed E-state index contributed by atoms with van der Waals surface area (Å²) in [6.45, 7) is 0.847. The van der Waals surface area contributed by atoms with Gasteiger partial charge in [-0.25, -0.2) is 4.98 Å². The lowest BCUT2D eigenvalue weighted by molar-refractivity contribution is -0.141. The lowest BCUT2D eigenvalue weighted by atomic mass is 10.3. The van der Waals surface area contributed by atoms with Gasteiger partial charge < -0.3 is 11.1 Å². The van der Waals surface area contributed by atoms with Crippen molar-refractivity contribution in [2.24, 2.45) is 5.73 Å². The number of aromatic nitrogens is 3. The van der Waals surface area contributed by atoms with Gasteiger partial charge in [0.2, 0.25) is 5.91 Å². The highest BCUT2D eigenvalue weighted by Crippen LogP contribution is 2.35. The van der Waals surface area contributed by atoms with E-state index in [2.05, 4.69) is 15.4 Å². The first kappa shape index (κ1) is 17.7. The maximum atomic E-state index is 12.7. The van der Waals surface area contributed by atoms with Crippen LogP contribution in [0.2, 0.25) is 5.02 Å². The van der Waals surface area contributed by atoms with Crippen LogP contribution in [0.15, 0.2) is 18.3 Å². The Bertz CT molecular complexity index is 786. The number of hydrogen-bond donors (Lipinski definition) is 2. The molecule has 11 heteroatoms. The average Bonchev–Trinajstić information content (AvgIpc) is 2.76. The van der Waals surface area contributed by atoms with Gasteiger partial charge in [0, 0.05) is 0 Å². The summed E-state index contributed by atoms with van der Waals surface area (Å²) >= 11 is 5.60. The van der Waals surface area contributed by atoms with Gasteiger partial charge in [-0.3, -0.25) is 14.3 Å². The summed E-state index contributed by atoms with van der Waals surface area (Å²) in [5.41, 5.74) is 4.06. The highest BCUT2D eigenvalue weighted by Gasteiger charge is 2.38. The molecule has 2 heterocycles. The molecule has 7 nitrogen and oxygen atoms in total. The summed E-state index contributed by atoms with van der Waals surface area (Å²) in [6.07, 6.45) is -3.51. The minimum atomic E-state index is -4.71. The number of nitrogens with two attached hydrogens (primary N) is 1. The van der Waals surface area contributed by atoms with Crippen molar-refractivity contribution < 1.29 is 22.8 Å². The zero-order valence-electron chi connectivity index (χ0n) is 12.2. The number of pyridine rings is 1. The van der Waals surface area contributed by atoms with Gasteiger partial charge in [-0.15, -0.1) is 0 Å². The Morgan fingerprint density at radius 2 is 2.04 bits per heavy atom. The number of carbonyl (C=O) groups excluding carboxylic acids is 2. The third-order valence-corrected chi connectivity index (χ3v) is 3.45. The number of halogens is 4. The minimum absolute atomic E-state index is 0.0116. The number of amides is 2. The number of nitrogens with one attached hydrogen (secondary N) is 1. The first-order valence-corrected chi connectivity index (χ1v) is 6.83. The molecular weight excluding hydrogens is 351 g/mol. The molecular formula is C13H11ClF3N5O2. The third kappa shape index (κ3) is 3.82. The standard InChI is InChI=1S/C13H11ClF3N5O2/c1-6-10(14)11(13(15,16)17)21-22(6)5-9(23)20-7-2-3-8(12(18)24)19-4-7/h2-4H,5H2,1H3,(H2,18,24)(H,20,23). The van der Waals surface area contributed by atoms with Crippen molar-refractivity contribution in [1.29, 1.82) is 0 Å². The van der Waals surface area contributed by atoms with Gasteiger partial charge in [0.1, 0.15) is 12.2 Å². The second kappa shape index (κ2) is 6.48. The van der Waals surface area contributed by atoms with Crippen LogP contribution >= 0.6 is 11.6 Å². The van der Waals surface area contributed by atoms with Crippen LogP contribution in [0.1, 0.15) is 21.9 Å². The second-order valence-electron chi connectivity index (χ2n) is 4.75. The fourth-order valence-electron chi connectivity index (χ4n) is 1.81. The van der Waals surface area contributed by atoms with Gasteiger partial charge >= 0.3 is 6.18 Å². The molecule has 0 aromatic carbocycles. The quantitative estimate of drug-likeness (QED) is 0.869.